The number of carbonyl (C=O) groups excluding carboxylic acids is 1. The summed E-state index contributed by atoms with van der Waals surface area (Å²) >= 11 is 5.84. The van der Waals surface area contributed by atoms with Crippen molar-refractivity contribution >= 4 is 39.0 Å². The standard InChI is InChI=1S/C17H18ClN3O3S/c1-20(2)25(23,24)15-7-8-16-12(11-15)9-10-21(16)17(22)19-14-5-3-13(18)4-6-14/h3-8,11H,9-10H2,1-2H3,(H,19,22). The molecule has 1 N–H and O–H groups in total. The van der Waals surface area contributed by atoms with Crippen molar-refractivity contribution < 1.29 is 13.2 Å². The lowest BCUT2D eigenvalue weighted by atomic mass is 10.2. The Morgan fingerprint density at radius 3 is 2.48 bits per heavy atom. The Morgan fingerprint density at radius 2 is 1.84 bits per heavy atom. The first-order valence-corrected chi connectivity index (χ1v) is 9.50. The molecule has 0 bridgehead atoms. The molecule has 2 amide bonds. The van der Waals surface area contributed by atoms with Crippen molar-refractivity contribution in [2.24, 2.45) is 0 Å². The second-order valence-electron chi connectivity index (χ2n) is 5.92. The maximum absolute atomic E-state index is 12.5. The molecule has 6 nitrogen and oxygen atoms in total. The smallest absolute Gasteiger partial charge is 0.308 e. The number of amides is 2. The minimum absolute atomic E-state index is 0.233. The zero-order valence-corrected chi connectivity index (χ0v) is 15.4. The molecule has 0 aliphatic carbocycles. The molecule has 0 radical (unpaired) electrons. The maximum atomic E-state index is 12.5. The molecule has 0 spiro atoms. The summed E-state index contributed by atoms with van der Waals surface area (Å²) in [5.41, 5.74) is 2.22. The number of halogens is 1. The fourth-order valence-corrected chi connectivity index (χ4v) is 3.76. The van der Waals surface area contributed by atoms with Crippen molar-refractivity contribution in [3.05, 3.63) is 53.1 Å². The van der Waals surface area contributed by atoms with E-state index in [1.165, 1.54) is 24.5 Å². The summed E-state index contributed by atoms with van der Waals surface area (Å²) in [6, 6.07) is 11.4. The second kappa shape index (κ2) is 6.67. The van der Waals surface area contributed by atoms with Crippen LogP contribution in [0.1, 0.15) is 5.56 Å². The van der Waals surface area contributed by atoms with Crippen LogP contribution >= 0.6 is 11.6 Å². The fourth-order valence-electron chi connectivity index (χ4n) is 2.68. The van der Waals surface area contributed by atoms with Crippen LogP contribution in [0.3, 0.4) is 0 Å². The van der Waals surface area contributed by atoms with E-state index in [-0.39, 0.29) is 10.9 Å². The van der Waals surface area contributed by atoms with Crippen LogP contribution in [0.5, 0.6) is 0 Å². The van der Waals surface area contributed by atoms with Gasteiger partial charge in [-0.2, -0.15) is 0 Å². The van der Waals surface area contributed by atoms with Crippen molar-refractivity contribution in [3.63, 3.8) is 0 Å². The monoisotopic (exact) mass is 379 g/mol. The summed E-state index contributed by atoms with van der Waals surface area (Å²) in [5, 5.41) is 3.41. The lowest BCUT2D eigenvalue weighted by molar-refractivity contribution is 0.257. The van der Waals surface area contributed by atoms with Crippen LogP contribution in [-0.2, 0) is 16.4 Å². The van der Waals surface area contributed by atoms with Crippen LogP contribution in [0.25, 0.3) is 0 Å². The third-order valence-corrected chi connectivity index (χ3v) is 6.13. The molecule has 1 aliphatic rings. The predicted molar refractivity (Wildman–Crippen MR) is 98.8 cm³/mol. The second-order valence-corrected chi connectivity index (χ2v) is 8.50. The van der Waals surface area contributed by atoms with Gasteiger partial charge in [-0.15, -0.1) is 0 Å². The molecule has 0 atom stereocenters. The molecule has 3 rings (SSSR count). The van der Waals surface area contributed by atoms with Gasteiger partial charge in [0.15, 0.2) is 0 Å². The molecule has 25 heavy (non-hydrogen) atoms. The summed E-state index contributed by atoms with van der Waals surface area (Å²) < 4.78 is 25.7. The first-order valence-electron chi connectivity index (χ1n) is 7.68. The average molecular weight is 380 g/mol. The molecule has 0 saturated heterocycles. The number of anilines is 2. The minimum Gasteiger partial charge on any atom is -0.308 e. The van der Waals surface area contributed by atoms with E-state index in [1.54, 1.807) is 41.3 Å². The Kier molecular flexibility index (Phi) is 4.73. The van der Waals surface area contributed by atoms with Crippen molar-refractivity contribution in [3.8, 4) is 0 Å². The highest BCUT2D eigenvalue weighted by Gasteiger charge is 2.27. The number of nitrogens with zero attached hydrogens (tertiary/aromatic N) is 2. The molecule has 1 heterocycles. The molecular formula is C17H18ClN3O3S. The van der Waals surface area contributed by atoms with Gasteiger partial charge in [-0.1, -0.05) is 11.6 Å². The fraction of sp³-hybridized carbons (Fsp3) is 0.235. The number of hydrogen-bond donors (Lipinski definition) is 1. The number of carbonyl (C=O) groups is 1. The van der Waals surface area contributed by atoms with Crippen LogP contribution < -0.4 is 10.2 Å². The number of nitrogens with one attached hydrogen (secondary N) is 1. The first-order chi connectivity index (χ1) is 11.8. The van der Waals surface area contributed by atoms with Gasteiger partial charge in [0.2, 0.25) is 10.0 Å². The summed E-state index contributed by atoms with van der Waals surface area (Å²) in [6.45, 7) is 0.500. The van der Waals surface area contributed by atoms with E-state index in [0.717, 1.165) is 11.3 Å². The van der Waals surface area contributed by atoms with E-state index in [4.69, 9.17) is 11.6 Å². The lowest BCUT2D eigenvalue weighted by Crippen LogP contribution is -2.33. The summed E-state index contributed by atoms with van der Waals surface area (Å²) in [5.74, 6) is 0. The van der Waals surface area contributed by atoms with E-state index >= 15 is 0 Å². The van der Waals surface area contributed by atoms with Gasteiger partial charge >= 0.3 is 6.03 Å². The van der Waals surface area contributed by atoms with E-state index in [9.17, 15) is 13.2 Å². The number of benzene rings is 2. The molecular weight excluding hydrogens is 362 g/mol. The normalized spacial score (nSPS) is 13.8. The van der Waals surface area contributed by atoms with Crippen molar-refractivity contribution in [2.75, 3.05) is 30.9 Å². The van der Waals surface area contributed by atoms with E-state index in [2.05, 4.69) is 5.32 Å². The predicted octanol–water partition coefficient (Wildman–Crippen LogP) is 3.18. The van der Waals surface area contributed by atoms with Crippen molar-refractivity contribution in [1.29, 1.82) is 0 Å². The molecule has 0 fully saturated rings. The highest BCUT2D eigenvalue weighted by molar-refractivity contribution is 7.89. The van der Waals surface area contributed by atoms with Gasteiger partial charge in [0.1, 0.15) is 0 Å². The molecule has 1 aliphatic heterocycles. The summed E-state index contributed by atoms with van der Waals surface area (Å²) in [7, 11) is -0.498. The summed E-state index contributed by atoms with van der Waals surface area (Å²) in [6.07, 6.45) is 0.611. The lowest BCUT2D eigenvalue weighted by Gasteiger charge is -2.19. The largest absolute Gasteiger partial charge is 0.326 e. The van der Waals surface area contributed by atoms with Gasteiger partial charge in [-0.3, -0.25) is 4.90 Å². The highest BCUT2D eigenvalue weighted by atomic mass is 35.5. The number of urea groups is 1. The van der Waals surface area contributed by atoms with Crippen molar-refractivity contribution in [1.82, 2.24) is 4.31 Å². The van der Waals surface area contributed by atoms with Crippen LogP contribution in [-0.4, -0.2) is 39.4 Å². The van der Waals surface area contributed by atoms with E-state index in [0.29, 0.717) is 23.7 Å². The highest BCUT2D eigenvalue weighted by Crippen LogP contribution is 2.31. The van der Waals surface area contributed by atoms with E-state index < -0.39 is 10.0 Å². The third-order valence-electron chi connectivity index (χ3n) is 4.07. The Labute approximate surface area is 152 Å². The Hall–Kier alpha value is -2.09. The number of sulfonamides is 1. The van der Waals surface area contributed by atoms with Gasteiger partial charge in [-0.25, -0.2) is 17.5 Å². The molecule has 2 aromatic carbocycles. The molecule has 0 saturated carbocycles. The Balaban J connectivity index is 1.82. The van der Waals surface area contributed by atoms with Gasteiger partial charge in [0, 0.05) is 37.0 Å². The Bertz CT molecular complexity index is 911. The van der Waals surface area contributed by atoms with Crippen LogP contribution in [0, 0.1) is 0 Å². The number of rotatable bonds is 3. The number of fused-ring (bicyclic) bond motifs is 1. The molecule has 2 aromatic rings. The minimum atomic E-state index is -3.49. The quantitative estimate of drug-likeness (QED) is 0.890. The average Bonchev–Trinajstić information content (AvgIpc) is 3.00. The van der Waals surface area contributed by atoms with Crippen LogP contribution in [0.4, 0.5) is 16.2 Å². The topological polar surface area (TPSA) is 69.7 Å². The van der Waals surface area contributed by atoms with E-state index in [1.807, 2.05) is 0 Å². The van der Waals surface area contributed by atoms with Crippen LogP contribution in [0.2, 0.25) is 5.02 Å². The Morgan fingerprint density at radius 1 is 1.16 bits per heavy atom. The third kappa shape index (κ3) is 3.49. The zero-order valence-electron chi connectivity index (χ0n) is 13.9. The molecule has 132 valence electrons. The zero-order chi connectivity index (χ0) is 18.2. The van der Waals surface area contributed by atoms with Gasteiger partial charge in [0.25, 0.3) is 0 Å². The van der Waals surface area contributed by atoms with Gasteiger partial charge in [-0.05, 0) is 54.4 Å². The van der Waals surface area contributed by atoms with Crippen LogP contribution in [0.15, 0.2) is 47.4 Å². The van der Waals surface area contributed by atoms with Crippen molar-refractivity contribution in [2.45, 2.75) is 11.3 Å². The number of hydrogen-bond acceptors (Lipinski definition) is 3. The molecule has 0 aromatic heterocycles. The first kappa shape index (κ1) is 17.7. The maximum Gasteiger partial charge on any atom is 0.326 e. The SMILES string of the molecule is CN(C)S(=O)(=O)c1ccc2c(c1)CCN2C(=O)Nc1ccc(Cl)cc1. The molecule has 8 heteroatoms. The molecule has 0 unspecified atom stereocenters. The van der Waals surface area contributed by atoms with Gasteiger partial charge < -0.3 is 5.32 Å². The summed E-state index contributed by atoms with van der Waals surface area (Å²) in [4.78, 5) is 14.3. The van der Waals surface area contributed by atoms with Gasteiger partial charge in [0.05, 0.1) is 4.90 Å².